The second kappa shape index (κ2) is 6.53. The predicted octanol–water partition coefficient (Wildman–Crippen LogP) is 1.01. The van der Waals surface area contributed by atoms with Crippen molar-refractivity contribution < 1.29 is 17.9 Å². The second-order valence-electron chi connectivity index (χ2n) is 7.68. The number of fused-ring (bicyclic) bond motifs is 2. The van der Waals surface area contributed by atoms with Crippen LogP contribution in [-0.2, 0) is 34.0 Å². The molecule has 1 aromatic rings. The van der Waals surface area contributed by atoms with E-state index in [4.69, 9.17) is 4.74 Å². The summed E-state index contributed by atoms with van der Waals surface area (Å²) in [5, 5.41) is 0. The van der Waals surface area contributed by atoms with Gasteiger partial charge in [0.2, 0.25) is 5.91 Å². The summed E-state index contributed by atoms with van der Waals surface area (Å²) in [6.45, 7) is 3.47. The smallest absolute Gasteiger partial charge is 0.219 e. The number of sulfone groups is 1. The Morgan fingerprint density at radius 1 is 1.15 bits per heavy atom. The van der Waals surface area contributed by atoms with Gasteiger partial charge in [0.05, 0.1) is 24.7 Å². The average Bonchev–Trinajstić information content (AvgIpc) is 3.16. The van der Waals surface area contributed by atoms with E-state index < -0.39 is 9.84 Å². The minimum atomic E-state index is -3.11. The molecule has 142 valence electrons. The van der Waals surface area contributed by atoms with E-state index in [9.17, 15) is 13.2 Å². The molecule has 2 heterocycles. The predicted molar refractivity (Wildman–Crippen MR) is 99.0 cm³/mol. The van der Waals surface area contributed by atoms with E-state index in [1.807, 2.05) is 0 Å². The standard InChI is InChI=1S/C19H26N2O4S/c1-13(22)21-7-6-20(17-11-26(23,24)12-18(17)21)10-16-8-14-4-3-5-15(14)9-19(16)25-2/h8-9,17-18H,3-7,10-12H2,1-2H3/t17-,18+/m0/s1. The van der Waals surface area contributed by atoms with Crippen LogP contribution in [0.4, 0.5) is 0 Å². The Kier molecular flexibility index (Phi) is 4.47. The van der Waals surface area contributed by atoms with Crippen LogP contribution < -0.4 is 4.74 Å². The first-order chi connectivity index (χ1) is 12.4. The van der Waals surface area contributed by atoms with Gasteiger partial charge in [0, 0.05) is 38.2 Å². The molecule has 1 amide bonds. The van der Waals surface area contributed by atoms with Gasteiger partial charge in [0.25, 0.3) is 0 Å². The SMILES string of the molecule is COc1cc2c(cc1CN1CCN(C(C)=O)[C@@H]3CS(=O)(=O)C[C@@H]31)CCC2. The van der Waals surface area contributed by atoms with Crippen molar-refractivity contribution in [3.8, 4) is 5.75 Å². The molecule has 0 unspecified atom stereocenters. The maximum Gasteiger partial charge on any atom is 0.219 e. The molecule has 1 aromatic carbocycles. The van der Waals surface area contributed by atoms with Crippen molar-refractivity contribution in [2.75, 3.05) is 31.7 Å². The average molecular weight is 378 g/mol. The van der Waals surface area contributed by atoms with E-state index in [1.54, 1.807) is 12.0 Å². The van der Waals surface area contributed by atoms with E-state index in [0.717, 1.165) is 24.2 Å². The Morgan fingerprint density at radius 2 is 1.85 bits per heavy atom. The lowest BCUT2D eigenvalue weighted by Gasteiger charge is -2.43. The summed E-state index contributed by atoms with van der Waals surface area (Å²) in [5.74, 6) is 1.06. The number of nitrogens with zero attached hydrogens (tertiary/aromatic N) is 2. The minimum Gasteiger partial charge on any atom is -0.496 e. The molecule has 2 fully saturated rings. The van der Waals surface area contributed by atoms with Crippen LogP contribution in [0.3, 0.4) is 0 Å². The molecular formula is C19H26N2O4S. The van der Waals surface area contributed by atoms with Gasteiger partial charge >= 0.3 is 0 Å². The van der Waals surface area contributed by atoms with E-state index in [0.29, 0.717) is 19.6 Å². The summed E-state index contributed by atoms with van der Waals surface area (Å²) in [5.41, 5.74) is 3.87. The fourth-order valence-electron chi connectivity index (χ4n) is 4.80. The van der Waals surface area contributed by atoms with Gasteiger partial charge in [0.15, 0.2) is 9.84 Å². The lowest BCUT2D eigenvalue weighted by atomic mass is 10.0. The number of amides is 1. The maximum absolute atomic E-state index is 12.3. The minimum absolute atomic E-state index is 0.0353. The van der Waals surface area contributed by atoms with Crippen LogP contribution in [0.2, 0.25) is 0 Å². The van der Waals surface area contributed by atoms with E-state index in [1.165, 1.54) is 24.5 Å². The van der Waals surface area contributed by atoms with Gasteiger partial charge in [-0.15, -0.1) is 0 Å². The second-order valence-corrected chi connectivity index (χ2v) is 9.83. The molecule has 0 saturated carbocycles. The van der Waals surface area contributed by atoms with Crippen molar-refractivity contribution in [3.63, 3.8) is 0 Å². The summed E-state index contributed by atoms with van der Waals surface area (Å²) in [6.07, 6.45) is 3.39. The molecule has 0 aromatic heterocycles. The number of hydrogen-bond donors (Lipinski definition) is 0. The third kappa shape index (κ3) is 3.11. The van der Waals surface area contributed by atoms with Crippen molar-refractivity contribution in [2.24, 2.45) is 0 Å². The van der Waals surface area contributed by atoms with Gasteiger partial charge in [-0.1, -0.05) is 6.07 Å². The summed E-state index contributed by atoms with van der Waals surface area (Å²) in [7, 11) is -1.42. The molecule has 2 saturated heterocycles. The van der Waals surface area contributed by atoms with Crippen molar-refractivity contribution in [1.29, 1.82) is 0 Å². The first kappa shape index (κ1) is 17.8. The molecular weight excluding hydrogens is 352 g/mol. The van der Waals surface area contributed by atoms with Gasteiger partial charge < -0.3 is 9.64 Å². The van der Waals surface area contributed by atoms with Crippen LogP contribution in [0.25, 0.3) is 0 Å². The number of methoxy groups -OCH3 is 1. The number of benzene rings is 1. The quantitative estimate of drug-likeness (QED) is 0.785. The van der Waals surface area contributed by atoms with Crippen LogP contribution in [0, 0.1) is 0 Å². The summed E-state index contributed by atoms with van der Waals surface area (Å²) >= 11 is 0. The highest BCUT2D eigenvalue weighted by molar-refractivity contribution is 7.91. The summed E-state index contributed by atoms with van der Waals surface area (Å²) in [6, 6.07) is 4.02. The highest BCUT2D eigenvalue weighted by Crippen LogP contribution is 2.33. The number of carbonyl (C=O) groups excluding carboxylic acids is 1. The maximum atomic E-state index is 12.3. The highest BCUT2D eigenvalue weighted by Gasteiger charge is 2.47. The molecule has 6 nitrogen and oxygen atoms in total. The fourth-order valence-corrected chi connectivity index (χ4v) is 6.81. The molecule has 2 atom stereocenters. The Labute approximate surface area is 155 Å². The number of rotatable bonds is 3. The monoisotopic (exact) mass is 378 g/mol. The summed E-state index contributed by atoms with van der Waals surface area (Å²) in [4.78, 5) is 15.9. The molecule has 3 aliphatic rings. The zero-order valence-corrected chi connectivity index (χ0v) is 16.2. The Balaban J connectivity index is 1.62. The summed E-state index contributed by atoms with van der Waals surface area (Å²) < 4.78 is 30.1. The number of aryl methyl sites for hydroxylation is 2. The molecule has 0 N–H and O–H groups in total. The van der Waals surface area contributed by atoms with Crippen LogP contribution >= 0.6 is 0 Å². The van der Waals surface area contributed by atoms with Crippen LogP contribution in [-0.4, -0.2) is 67.9 Å². The topological polar surface area (TPSA) is 66.9 Å². The number of carbonyl (C=O) groups is 1. The van der Waals surface area contributed by atoms with Crippen molar-refractivity contribution in [3.05, 3.63) is 28.8 Å². The first-order valence-electron chi connectivity index (χ1n) is 9.28. The third-order valence-corrected chi connectivity index (χ3v) is 7.76. The number of ether oxygens (including phenoxy) is 1. The van der Waals surface area contributed by atoms with E-state index in [-0.39, 0.29) is 29.5 Å². The van der Waals surface area contributed by atoms with Gasteiger partial charge in [0.1, 0.15) is 5.75 Å². The Hall–Kier alpha value is -1.60. The molecule has 0 spiro atoms. The molecule has 1 aliphatic carbocycles. The Morgan fingerprint density at radius 3 is 2.54 bits per heavy atom. The number of hydrogen-bond acceptors (Lipinski definition) is 5. The highest BCUT2D eigenvalue weighted by atomic mass is 32.2. The van der Waals surface area contributed by atoms with Crippen LogP contribution in [0.1, 0.15) is 30.0 Å². The normalized spacial score (nSPS) is 27.2. The molecule has 7 heteroatoms. The lowest BCUT2D eigenvalue weighted by Crippen LogP contribution is -2.59. The van der Waals surface area contributed by atoms with E-state index in [2.05, 4.69) is 17.0 Å². The first-order valence-corrected chi connectivity index (χ1v) is 11.1. The molecule has 4 rings (SSSR count). The third-order valence-electron chi connectivity index (χ3n) is 6.06. The van der Waals surface area contributed by atoms with E-state index >= 15 is 0 Å². The number of piperazine rings is 1. The Bertz CT molecular complexity index is 836. The van der Waals surface area contributed by atoms with Crippen LogP contribution in [0.5, 0.6) is 5.75 Å². The van der Waals surface area contributed by atoms with Gasteiger partial charge in [-0.05, 0) is 36.5 Å². The lowest BCUT2D eigenvalue weighted by molar-refractivity contribution is -0.134. The zero-order valence-electron chi connectivity index (χ0n) is 15.4. The van der Waals surface area contributed by atoms with Crippen LogP contribution in [0.15, 0.2) is 12.1 Å². The van der Waals surface area contributed by atoms with Gasteiger partial charge in [-0.3, -0.25) is 9.69 Å². The molecule has 0 radical (unpaired) electrons. The molecule has 26 heavy (non-hydrogen) atoms. The van der Waals surface area contributed by atoms with Crippen molar-refractivity contribution in [1.82, 2.24) is 9.80 Å². The van der Waals surface area contributed by atoms with Gasteiger partial charge in [-0.25, -0.2) is 8.42 Å². The van der Waals surface area contributed by atoms with Gasteiger partial charge in [-0.2, -0.15) is 0 Å². The van der Waals surface area contributed by atoms with Crippen molar-refractivity contribution in [2.45, 2.75) is 44.8 Å². The van der Waals surface area contributed by atoms with Crippen molar-refractivity contribution >= 4 is 15.7 Å². The molecule has 2 aliphatic heterocycles. The zero-order chi connectivity index (χ0) is 18.5. The fraction of sp³-hybridized carbons (Fsp3) is 0.632. The largest absolute Gasteiger partial charge is 0.496 e. The molecule has 0 bridgehead atoms.